The lowest BCUT2D eigenvalue weighted by Crippen LogP contribution is -2.14. The Labute approximate surface area is 98.5 Å². The number of hydrogen-bond acceptors (Lipinski definition) is 4. The number of aromatic nitrogens is 4. The summed E-state index contributed by atoms with van der Waals surface area (Å²) in [5.41, 5.74) is 2.02. The Morgan fingerprint density at radius 1 is 1.41 bits per heavy atom. The molecule has 2 rings (SSSR count). The number of aryl methyl sites for hydroxylation is 2. The van der Waals surface area contributed by atoms with Gasteiger partial charge in [-0.3, -0.25) is 14.9 Å². The van der Waals surface area contributed by atoms with Crippen molar-refractivity contribution in [2.75, 3.05) is 5.32 Å². The Kier molecular flexibility index (Phi) is 3.13. The van der Waals surface area contributed by atoms with Crippen LogP contribution in [0, 0.1) is 6.92 Å². The number of aromatic amines is 1. The number of amides is 1. The van der Waals surface area contributed by atoms with Gasteiger partial charge in [0.1, 0.15) is 5.69 Å². The molecule has 0 aliphatic carbocycles. The summed E-state index contributed by atoms with van der Waals surface area (Å²) in [5, 5.41) is 9.43. The topological polar surface area (TPSA) is 83.6 Å². The molecule has 0 aliphatic rings. The summed E-state index contributed by atoms with van der Waals surface area (Å²) in [6, 6.07) is 1.79. The number of anilines is 1. The first-order chi connectivity index (χ1) is 8.19. The van der Waals surface area contributed by atoms with Crippen molar-refractivity contribution >= 4 is 11.7 Å². The lowest BCUT2D eigenvalue weighted by atomic mass is 10.3. The molecule has 2 heterocycles. The van der Waals surface area contributed by atoms with Crippen LogP contribution in [0.3, 0.4) is 0 Å². The molecule has 0 aliphatic heterocycles. The first kappa shape index (κ1) is 11.3. The van der Waals surface area contributed by atoms with Crippen LogP contribution in [0.5, 0.6) is 0 Å². The Bertz CT molecular complexity index is 517. The summed E-state index contributed by atoms with van der Waals surface area (Å²) in [5.74, 6) is 0.181. The average molecular weight is 231 g/mol. The molecule has 0 saturated heterocycles. The third-order valence-electron chi connectivity index (χ3n) is 2.27. The molecule has 0 spiro atoms. The van der Waals surface area contributed by atoms with Gasteiger partial charge < -0.3 is 5.32 Å². The SMILES string of the molecule is CCc1cc(NC(=O)c2cnc(C)cn2)n[nH]1. The van der Waals surface area contributed by atoms with Crippen LogP contribution in [0.4, 0.5) is 5.82 Å². The highest BCUT2D eigenvalue weighted by Gasteiger charge is 2.09. The monoisotopic (exact) mass is 231 g/mol. The number of hydrogen-bond donors (Lipinski definition) is 2. The van der Waals surface area contributed by atoms with Crippen LogP contribution in [-0.4, -0.2) is 26.1 Å². The van der Waals surface area contributed by atoms with Crippen molar-refractivity contribution in [2.24, 2.45) is 0 Å². The second-order valence-corrected chi connectivity index (χ2v) is 3.63. The highest BCUT2D eigenvalue weighted by molar-refractivity contribution is 6.02. The molecule has 6 heteroatoms. The fourth-order valence-corrected chi connectivity index (χ4v) is 1.30. The van der Waals surface area contributed by atoms with E-state index in [4.69, 9.17) is 0 Å². The molecule has 0 unspecified atom stereocenters. The zero-order valence-corrected chi connectivity index (χ0v) is 9.69. The third kappa shape index (κ3) is 2.66. The molecule has 2 aromatic rings. The van der Waals surface area contributed by atoms with Crippen molar-refractivity contribution in [3.8, 4) is 0 Å². The van der Waals surface area contributed by atoms with Gasteiger partial charge in [-0.1, -0.05) is 6.92 Å². The van der Waals surface area contributed by atoms with Crippen molar-refractivity contribution in [3.05, 3.63) is 35.5 Å². The van der Waals surface area contributed by atoms with E-state index in [0.29, 0.717) is 5.82 Å². The van der Waals surface area contributed by atoms with E-state index in [0.717, 1.165) is 17.8 Å². The van der Waals surface area contributed by atoms with Crippen molar-refractivity contribution in [3.63, 3.8) is 0 Å². The zero-order valence-electron chi connectivity index (χ0n) is 9.69. The van der Waals surface area contributed by atoms with E-state index >= 15 is 0 Å². The Hall–Kier alpha value is -2.24. The van der Waals surface area contributed by atoms with Crippen LogP contribution >= 0.6 is 0 Å². The largest absolute Gasteiger partial charge is 0.304 e. The van der Waals surface area contributed by atoms with Crippen molar-refractivity contribution in [2.45, 2.75) is 20.3 Å². The van der Waals surface area contributed by atoms with Gasteiger partial charge in [-0.25, -0.2) is 4.98 Å². The van der Waals surface area contributed by atoms with Gasteiger partial charge in [-0.05, 0) is 13.3 Å². The zero-order chi connectivity index (χ0) is 12.3. The van der Waals surface area contributed by atoms with Gasteiger partial charge in [0.25, 0.3) is 5.91 Å². The smallest absolute Gasteiger partial charge is 0.277 e. The van der Waals surface area contributed by atoms with Gasteiger partial charge in [-0.15, -0.1) is 0 Å². The molecule has 0 bridgehead atoms. The van der Waals surface area contributed by atoms with Gasteiger partial charge in [0.2, 0.25) is 0 Å². The summed E-state index contributed by atoms with van der Waals surface area (Å²) in [4.78, 5) is 19.8. The predicted molar refractivity (Wildman–Crippen MR) is 62.7 cm³/mol. The molecular formula is C11H13N5O. The molecule has 1 amide bonds. The van der Waals surface area contributed by atoms with E-state index in [1.54, 1.807) is 12.3 Å². The molecule has 17 heavy (non-hydrogen) atoms. The summed E-state index contributed by atoms with van der Waals surface area (Å²) >= 11 is 0. The fourth-order valence-electron chi connectivity index (χ4n) is 1.30. The molecule has 2 aromatic heterocycles. The summed E-state index contributed by atoms with van der Waals surface area (Å²) < 4.78 is 0. The van der Waals surface area contributed by atoms with Gasteiger partial charge in [0.15, 0.2) is 5.82 Å². The van der Waals surface area contributed by atoms with E-state index in [2.05, 4.69) is 25.5 Å². The molecule has 2 N–H and O–H groups in total. The number of carbonyl (C=O) groups excluding carboxylic acids is 1. The minimum Gasteiger partial charge on any atom is -0.304 e. The molecular weight excluding hydrogens is 218 g/mol. The molecule has 0 aromatic carbocycles. The highest BCUT2D eigenvalue weighted by atomic mass is 16.1. The maximum Gasteiger partial charge on any atom is 0.277 e. The maximum absolute atomic E-state index is 11.8. The maximum atomic E-state index is 11.8. The van der Waals surface area contributed by atoms with Gasteiger partial charge in [0.05, 0.1) is 11.9 Å². The molecule has 6 nitrogen and oxygen atoms in total. The second-order valence-electron chi connectivity index (χ2n) is 3.63. The van der Waals surface area contributed by atoms with Crippen LogP contribution in [0.15, 0.2) is 18.5 Å². The van der Waals surface area contributed by atoms with Crippen molar-refractivity contribution < 1.29 is 4.79 Å². The van der Waals surface area contributed by atoms with Crippen LogP contribution in [0.1, 0.15) is 28.8 Å². The first-order valence-corrected chi connectivity index (χ1v) is 5.33. The van der Waals surface area contributed by atoms with Crippen molar-refractivity contribution in [1.82, 2.24) is 20.2 Å². The summed E-state index contributed by atoms with van der Waals surface area (Å²) in [6.45, 7) is 3.82. The third-order valence-corrected chi connectivity index (χ3v) is 2.27. The summed E-state index contributed by atoms with van der Waals surface area (Å²) in [6.07, 6.45) is 3.84. The number of H-pyrrole nitrogens is 1. The fraction of sp³-hybridized carbons (Fsp3) is 0.273. The Balaban J connectivity index is 2.08. The quantitative estimate of drug-likeness (QED) is 0.834. The van der Waals surface area contributed by atoms with Crippen LogP contribution in [0.2, 0.25) is 0 Å². The number of nitrogens with zero attached hydrogens (tertiary/aromatic N) is 3. The first-order valence-electron chi connectivity index (χ1n) is 5.33. The molecule has 0 saturated carbocycles. The van der Waals surface area contributed by atoms with Crippen LogP contribution in [-0.2, 0) is 6.42 Å². The number of rotatable bonds is 3. The van der Waals surface area contributed by atoms with E-state index in [1.165, 1.54) is 6.20 Å². The van der Waals surface area contributed by atoms with Crippen LogP contribution < -0.4 is 5.32 Å². The molecule has 0 radical (unpaired) electrons. The normalized spacial score (nSPS) is 10.2. The predicted octanol–water partition coefficient (Wildman–Crippen LogP) is 1.32. The molecule has 0 atom stereocenters. The van der Waals surface area contributed by atoms with Crippen LogP contribution in [0.25, 0.3) is 0 Å². The van der Waals surface area contributed by atoms with E-state index in [-0.39, 0.29) is 11.6 Å². The lowest BCUT2D eigenvalue weighted by molar-refractivity contribution is 0.102. The number of carbonyl (C=O) groups is 1. The van der Waals surface area contributed by atoms with Gasteiger partial charge >= 0.3 is 0 Å². The van der Waals surface area contributed by atoms with E-state index < -0.39 is 0 Å². The Morgan fingerprint density at radius 3 is 2.82 bits per heavy atom. The van der Waals surface area contributed by atoms with E-state index in [1.807, 2.05) is 13.8 Å². The molecule has 88 valence electrons. The minimum atomic E-state index is -0.313. The minimum absolute atomic E-state index is 0.275. The average Bonchev–Trinajstić information content (AvgIpc) is 2.77. The second kappa shape index (κ2) is 4.73. The standard InChI is InChI=1S/C11H13N5O/c1-3-8-4-10(16-15-8)14-11(17)9-6-12-7(2)5-13-9/h4-6H,3H2,1-2H3,(H2,14,15,16,17). The lowest BCUT2D eigenvalue weighted by Gasteiger charge is -2.00. The number of nitrogens with one attached hydrogen (secondary N) is 2. The van der Waals surface area contributed by atoms with Gasteiger partial charge in [0, 0.05) is 18.0 Å². The van der Waals surface area contributed by atoms with Gasteiger partial charge in [-0.2, -0.15) is 5.10 Å². The van der Waals surface area contributed by atoms with E-state index in [9.17, 15) is 4.79 Å². The highest BCUT2D eigenvalue weighted by Crippen LogP contribution is 2.07. The summed E-state index contributed by atoms with van der Waals surface area (Å²) in [7, 11) is 0. The Morgan fingerprint density at radius 2 is 2.24 bits per heavy atom. The van der Waals surface area contributed by atoms with Crippen molar-refractivity contribution in [1.29, 1.82) is 0 Å². The molecule has 0 fully saturated rings.